The Bertz CT molecular complexity index is 757. The van der Waals surface area contributed by atoms with Gasteiger partial charge < -0.3 is 15.4 Å². The van der Waals surface area contributed by atoms with Gasteiger partial charge in [-0.05, 0) is 12.0 Å². The third-order valence-electron chi connectivity index (χ3n) is 4.47. The van der Waals surface area contributed by atoms with Gasteiger partial charge in [0.1, 0.15) is 0 Å². The number of nitrogens with zero attached hydrogens (tertiary/aromatic N) is 2. The molecule has 2 heterocycles. The number of fused-ring (bicyclic) bond motifs is 1. The maximum Gasteiger partial charge on any atom is 0.254 e. The number of aryl methyl sites for hydroxylation is 1. The van der Waals surface area contributed by atoms with E-state index in [0.717, 1.165) is 17.7 Å². The molecule has 3 rings (SSSR count). The molecule has 0 bridgehead atoms. The summed E-state index contributed by atoms with van der Waals surface area (Å²) in [6.45, 7) is 1.52. The van der Waals surface area contributed by atoms with E-state index in [1.807, 2.05) is 30.3 Å². The van der Waals surface area contributed by atoms with E-state index < -0.39 is 0 Å². The van der Waals surface area contributed by atoms with Gasteiger partial charge in [-0.3, -0.25) is 14.3 Å². The van der Waals surface area contributed by atoms with Crippen LogP contribution in [-0.2, 0) is 28.9 Å². The SMILES string of the molecule is COCCNC(=O)c1cnn2c1C[C@H](NC(=O)CCc1ccccc1)C2. The lowest BCUT2D eigenvalue weighted by Gasteiger charge is -2.12. The highest BCUT2D eigenvalue weighted by Gasteiger charge is 2.28. The fraction of sp³-hybridized carbons (Fsp3) is 0.421. The van der Waals surface area contributed by atoms with E-state index in [2.05, 4.69) is 15.7 Å². The monoisotopic (exact) mass is 356 g/mol. The van der Waals surface area contributed by atoms with Crippen molar-refractivity contribution in [3.63, 3.8) is 0 Å². The quantitative estimate of drug-likeness (QED) is 0.689. The van der Waals surface area contributed by atoms with Crippen molar-refractivity contribution >= 4 is 11.8 Å². The summed E-state index contributed by atoms with van der Waals surface area (Å²) < 4.78 is 6.73. The molecule has 1 aliphatic rings. The topological polar surface area (TPSA) is 85.2 Å². The predicted molar refractivity (Wildman–Crippen MR) is 96.8 cm³/mol. The van der Waals surface area contributed by atoms with Gasteiger partial charge in [0.15, 0.2) is 0 Å². The van der Waals surface area contributed by atoms with E-state index in [0.29, 0.717) is 38.1 Å². The fourth-order valence-electron chi connectivity index (χ4n) is 3.14. The van der Waals surface area contributed by atoms with Gasteiger partial charge in [-0.25, -0.2) is 0 Å². The number of rotatable bonds is 8. The number of nitrogens with one attached hydrogen (secondary N) is 2. The summed E-state index contributed by atoms with van der Waals surface area (Å²) in [7, 11) is 1.59. The number of aromatic nitrogens is 2. The average molecular weight is 356 g/mol. The van der Waals surface area contributed by atoms with Crippen molar-refractivity contribution in [2.75, 3.05) is 20.3 Å². The Labute approximate surface area is 152 Å². The van der Waals surface area contributed by atoms with Gasteiger partial charge in [-0.2, -0.15) is 5.10 Å². The van der Waals surface area contributed by atoms with Crippen molar-refractivity contribution in [2.24, 2.45) is 0 Å². The van der Waals surface area contributed by atoms with Gasteiger partial charge >= 0.3 is 0 Å². The maximum atomic E-state index is 12.2. The summed E-state index contributed by atoms with van der Waals surface area (Å²) in [5, 5.41) is 10.1. The molecule has 1 aliphatic heterocycles. The van der Waals surface area contributed by atoms with Crippen LogP contribution in [0.15, 0.2) is 36.5 Å². The molecule has 7 nitrogen and oxygen atoms in total. The van der Waals surface area contributed by atoms with E-state index in [9.17, 15) is 9.59 Å². The zero-order valence-corrected chi connectivity index (χ0v) is 14.9. The highest BCUT2D eigenvalue weighted by molar-refractivity contribution is 5.95. The van der Waals surface area contributed by atoms with Gasteiger partial charge in [0.05, 0.1) is 36.6 Å². The first kappa shape index (κ1) is 18.1. The van der Waals surface area contributed by atoms with Gasteiger partial charge in [0.2, 0.25) is 5.91 Å². The molecule has 0 saturated carbocycles. The Balaban J connectivity index is 1.49. The Kier molecular flexibility index (Phi) is 6.01. The third-order valence-corrected chi connectivity index (χ3v) is 4.47. The summed E-state index contributed by atoms with van der Waals surface area (Å²) in [6, 6.07) is 9.93. The number of amides is 2. The molecule has 0 unspecified atom stereocenters. The lowest BCUT2D eigenvalue weighted by molar-refractivity contribution is -0.121. The summed E-state index contributed by atoms with van der Waals surface area (Å²) in [5.74, 6) is -0.130. The molecule has 0 saturated heterocycles. The van der Waals surface area contributed by atoms with Crippen LogP contribution in [0.3, 0.4) is 0 Å². The van der Waals surface area contributed by atoms with Crippen molar-refractivity contribution in [1.29, 1.82) is 0 Å². The van der Waals surface area contributed by atoms with Gasteiger partial charge in [-0.1, -0.05) is 30.3 Å². The molecule has 0 aliphatic carbocycles. The van der Waals surface area contributed by atoms with E-state index in [-0.39, 0.29) is 17.9 Å². The summed E-state index contributed by atoms with van der Waals surface area (Å²) >= 11 is 0. The minimum absolute atomic E-state index is 0.0208. The first-order valence-electron chi connectivity index (χ1n) is 8.82. The van der Waals surface area contributed by atoms with E-state index in [1.165, 1.54) is 0 Å². The summed E-state index contributed by atoms with van der Waals surface area (Å²) in [4.78, 5) is 24.4. The average Bonchev–Trinajstić information content (AvgIpc) is 3.21. The summed E-state index contributed by atoms with van der Waals surface area (Å²) in [6.07, 6.45) is 3.37. The number of benzene rings is 1. The Morgan fingerprint density at radius 1 is 1.31 bits per heavy atom. The van der Waals surface area contributed by atoms with Crippen LogP contribution >= 0.6 is 0 Å². The zero-order valence-electron chi connectivity index (χ0n) is 14.9. The Hall–Kier alpha value is -2.67. The molecule has 2 N–H and O–H groups in total. The normalized spacial score (nSPS) is 15.5. The number of hydrogen-bond acceptors (Lipinski definition) is 4. The molecule has 138 valence electrons. The highest BCUT2D eigenvalue weighted by Crippen LogP contribution is 2.19. The molecular weight excluding hydrogens is 332 g/mol. The molecule has 1 atom stereocenters. The summed E-state index contributed by atoms with van der Waals surface area (Å²) in [5.41, 5.74) is 2.59. The first-order chi connectivity index (χ1) is 12.7. The number of carbonyl (C=O) groups excluding carboxylic acids is 2. The van der Waals surface area contributed by atoms with Crippen LogP contribution in [0, 0.1) is 0 Å². The minimum Gasteiger partial charge on any atom is -0.383 e. The lowest BCUT2D eigenvalue weighted by atomic mass is 10.1. The molecule has 7 heteroatoms. The molecule has 2 amide bonds. The molecule has 1 aromatic heterocycles. The van der Waals surface area contributed by atoms with Crippen LogP contribution in [0.25, 0.3) is 0 Å². The van der Waals surface area contributed by atoms with Crippen molar-refractivity contribution in [3.8, 4) is 0 Å². The van der Waals surface area contributed by atoms with E-state index in [1.54, 1.807) is 18.0 Å². The third kappa shape index (κ3) is 4.49. The molecule has 26 heavy (non-hydrogen) atoms. The van der Waals surface area contributed by atoms with Gasteiger partial charge in [0, 0.05) is 26.5 Å². The number of hydrogen-bond donors (Lipinski definition) is 2. The van der Waals surface area contributed by atoms with E-state index >= 15 is 0 Å². The number of carbonyl (C=O) groups is 2. The second-order valence-corrected chi connectivity index (χ2v) is 6.39. The molecular formula is C19H24N4O3. The van der Waals surface area contributed by atoms with Crippen molar-refractivity contribution in [1.82, 2.24) is 20.4 Å². The lowest BCUT2D eigenvalue weighted by Crippen LogP contribution is -2.36. The van der Waals surface area contributed by atoms with Crippen molar-refractivity contribution in [2.45, 2.75) is 31.8 Å². The van der Waals surface area contributed by atoms with E-state index in [4.69, 9.17) is 4.74 Å². The molecule has 0 spiro atoms. The zero-order chi connectivity index (χ0) is 18.4. The Morgan fingerprint density at radius 3 is 2.88 bits per heavy atom. The second-order valence-electron chi connectivity index (χ2n) is 6.39. The fourth-order valence-corrected chi connectivity index (χ4v) is 3.14. The van der Waals surface area contributed by atoms with Crippen LogP contribution in [0.2, 0.25) is 0 Å². The number of ether oxygens (including phenoxy) is 1. The minimum atomic E-state index is -0.153. The van der Waals surface area contributed by atoms with Gasteiger partial charge in [0.25, 0.3) is 5.91 Å². The van der Waals surface area contributed by atoms with Crippen LogP contribution < -0.4 is 10.6 Å². The molecule has 0 fully saturated rings. The van der Waals surface area contributed by atoms with Crippen LogP contribution in [-0.4, -0.2) is 47.9 Å². The molecule has 2 aromatic rings. The highest BCUT2D eigenvalue weighted by atomic mass is 16.5. The number of methoxy groups -OCH3 is 1. The van der Waals surface area contributed by atoms with Crippen LogP contribution in [0.1, 0.15) is 28.0 Å². The molecule has 1 aromatic carbocycles. The van der Waals surface area contributed by atoms with Gasteiger partial charge in [-0.15, -0.1) is 0 Å². The first-order valence-corrected chi connectivity index (χ1v) is 8.82. The predicted octanol–water partition coefficient (Wildman–Crippen LogP) is 0.933. The van der Waals surface area contributed by atoms with Crippen molar-refractivity contribution < 1.29 is 14.3 Å². The second kappa shape index (κ2) is 8.62. The smallest absolute Gasteiger partial charge is 0.254 e. The standard InChI is InChI=1S/C19H24N4O3/c1-26-10-9-20-19(25)16-12-21-23-13-15(11-17(16)23)22-18(24)8-7-14-5-3-2-4-6-14/h2-6,12,15H,7-11,13H2,1H3,(H,20,25)(H,22,24)/t15-/m0/s1. The Morgan fingerprint density at radius 2 is 2.12 bits per heavy atom. The molecule has 0 radical (unpaired) electrons. The maximum absolute atomic E-state index is 12.2. The van der Waals surface area contributed by atoms with Crippen molar-refractivity contribution in [3.05, 3.63) is 53.3 Å². The van der Waals surface area contributed by atoms with Crippen LogP contribution in [0.4, 0.5) is 0 Å². The van der Waals surface area contributed by atoms with Crippen LogP contribution in [0.5, 0.6) is 0 Å². The largest absolute Gasteiger partial charge is 0.383 e.